The molecule has 84 valence electrons. The molecular formula is C10H14O5. The molecule has 1 aliphatic rings. The van der Waals surface area contributed by atoms with Crippen molar-refractivity contribution in [2.75, 3.05) is 14.2 Å². The molecule has 5 nitrogen and oxygen atoms in total. The van der Waals surface area contributed by atoms with Crippen molar-refractivity contribution >= 4 is 17.7 Å². The van der Waals surface area contributed by atoms with E-state index in [4.69, 9.17) is 0 Å². The minimum Gasteiger partial charge on any atom is -0.469 e. The van der Waals surface area contributed by atoms with Crippen LogP contribution < -0.4 is 0 Å². The van der Waals surface area contributed by atoms with Gasteiger partial charge in [-0.05, 0) is 6.42 Å². The SMILES string of the molecule is COC(=O)[C@@H]1CCC(=O)C[C@H]1C(=O)OC. The average molecular weight is 214 g/mol. The van der Waals surface area contributed by atoms with Crippen LogP contribution in [-0.4, -0.2) is 31.9 Å². The van der Waals surface area contributed by atoms with Gasteiger partial charge in [0.1, 0.15) is 5.78 Å². The number of methoxy groups -OCH3 is 2. The lowest BCUT2D eigenvalue weighted by atomic mass is 9.78. The predicted octanol–water partition coefficient (Wildman–Crippen LogP) is 0.318. The zero-order valence-electron chi connectivity index (χ0n) is 8.82. The lowest BCUT2D eigenvalue weighted by molar-refractivity contribution is -0.160. The number of hydrogen-bond acceptors (Lipinski definition) is 5. The van der Waals surface area contributed by atoms with Crippen LogP contribution in [0.4, 0.5) is 0 Å². The van der Waals surface area contributed by atoms with Crippen molar-refractivity contribution in [2.24, 2.45) is 11.8 Å². The fourth-order valence-corrected chi connectivity index (χ4v) is 1.84. The number of esters is 2. The molecule has 0 unspecified atom stereocenters. The third kappa shape index (κ3) is 2.55. The highest BCUT2D eigenvalue weighted by Crippen LogP contribution is 2.29. The van der Waals surface area contributed by atoms with E-state index in [0.717, 1.165) is 0 Å². The van der Waals surface area contributed by atoms with Crippen LogP contribution in [0, 0.1) is 11.8 Å². The van der Waals surface area contributed by atoms with Crippen molar-refractivity contribution in [3.8, 4) is 0 Å². The van der Waals surface area contributed by atoms with Crippen LogP contribution in [0.25, 0.3) is 0 Å². The highest BCUT2D eigenvalue weighted by molar-refractivity contribution is 5.90. The first-order chi connectivity index (χ1) is 7.10. The number of carbonyl (C=O) groups excluding carboxylic acids is 3. The molecule has 15 heavy (non-hydrogen) atoms. The fourth-order valence-electron chi connectivity index (χ4n) is 1.84. The van der Waals surface area contributed by atoms with Gasteiger partial charge in [-0.2, -0.15) is 0 Å². The third-order valence-corrected chi connectivity index (χ3v) is 2.68. The molecule has 0 aromatic rings. The van der Waals surface area contributed by atoms with Gasteiger partial charge in [0.05, 0.1) is 26.1 Å². The van der Waals surface area contributed by atoms with Crippen molar-refractivity contribution in [1.29, 1.82) is 0 Å². The van der Waals surface area contributed by atoms with Gasteiger partial charge in [0.15, 0.2) is 0 Å². The Kier molecular flexibility index (Phi) is 3.82. The molecule has 0 N–H and O–H groups in total. The Morgan fingerprint density at radius 2 is 1.67 bits per heavy atom. The van der Waals surface area contributed by atoms with E-state index in [9.17, 15) is 14.4 Å². The summed E-state index contributed by atoms with van der Waals surface area (Å²) < 4.78 is 9.16. The Hall–Kier alpha value is -1.39. The molecule has 2 atom stereocenters. The van der Waals surface area contributed by atoms with Gasteiger partial charge < -0.3 is 9.47 Å². The summed E-state index contributed by atoms with van der Waals surface area (Å²) in [5, 5.41) is 0. The van der Waals surface area contributed by atoms with Crippen LogP contribution in [0.5, 0.6) is 0 Å². The van der Waals surface area contributed by atoms with Crippen LogP contribution in [0.2, 0.25) is 0 Å². The molecule has 1 fully saturated rings. The number of ether oxygens (including phenoxy) is 2. The monoisotopic (exact) mass is 214 g/mol. The minimum atomic E-state index is -0.677. The first-order valence-corrected chi connectivity index (χ1v) is 4.77. The maximum atomic E-state index is 11.4. The molecule has 1 saturated carbocycles. The van der Waals surface area contributed by atoms with E-state index in [-0.39, 0.29) is 12.2 Å². The summed E-state index contributed by atoms with van der Waals surface area (Å²) in [6, 6.07) is 0. The van der Waals surface area contributed by atoms with Crippen LogP contribution in [0.15, 0.2) is 0 Å². The summed E-state index contributed by atoms with van der Waals surface area (Å²) in [5.74, 6) is -2.19. The lowest BCUT2D eigenvalue weighted by Gasteiger charge is -2.26. The smallest absolute Gasteiger partial charge is 0.309 e. The van der Waals surface area contributed by atoms with Crippen molar-refractivity contribution in [3.63, 3.8) is 0 Å². The van der Waals surface area contributed by atoms with Crippen molar-refractivity contribution in [2.45, 2.75) is 19.3 Å². The quantitative estimate of drug-likeness (QED) is 0.619. The highest BCUT2D eigenvalue weighted by atomic mass is 16.5. The van der Waals surface area contributed by atoms with E-state index in [1.165, 1.54) is 14.2 Å². The summed E-state index contributed by atoms with van der Waals surface area (Å²) in [7, 11) is 2.52. The van der Waals surface area contributed by atoms with E-state index in [1.54, 1.807) is 0 Å². The molecule has 0 aliphatic heterocycles. The molecule has 0 heterocycles. The number of rotatable bonds is 2. The molecule has 0 amide bonds. The van der Waals surface area contributed by atoms with Gasteiger partial charge >= 0.3 is 11.9 Å². The number of hydrogen-bond donors (Lipinski definition) is 0. The van der Waals surface area contributed by atoms with Gasteiger partial charge in [-0.1, -0.05) is 0 Å². The first-order valence-electron chi connectivity index (χ1n) is 4.77. The van der Waals surface area contributed by atoms with Crippen molar-refractivity contribution in [3.05, 3.63) is 0 Å². The fraction of sp³-hybridized carbons (Fsp3) is 0.700. The molecule has 0 aromatic heterocycles. The molecule has 0 aromatic carbocycles. The van der Waals surface area contributed by atoms with Gasteiger partial charge in [0, 0.05) is 12.8 Å². The van der Waals surface area contributed by atoms with Gasteiger partial charge in [0.25, 0.3) is 0 Å². The van der Waals surface area contributed by atoms with Crippen molar-refractivity contribution < 1.29 is 23.9 Å². The third-order valence-electron chi connectivity index (χ3n) is 2.68. The van der Waals surface area contributed by atoms with E-state index in [0.29, 0.717) is 12.8 Å². The Morgan fingerprint density at radius 3 is 2.20 bits per heavy atom. The second-order valence-corrected chi connectivity index (χ2v) is 3.54. The zero-order chi connectivity index (χ0) is 11.4. The standard InChI is InChI=1S/C10H14O5/c1-14-9(12)7-4-3-6(11)5-8(7)10(13)15-2/h7-8H,3-5H2,1-2H3/t7-,8-/m1/s1. The average Bonchev–Trinajstić information content (AvgIpc) is 2.26. The van der Waals surface area contributed by atoms with Crippen LogP contribution >= 0.6 is 0 Å². The lowest BCUT2D eigenvalue weighted by Crippen LogP contribution is -2.37. The molecule has 0 saturated heterocycles. The maximum absolute atomic E-state index is 11.4. The van der Waals surface area contributed by atoms with Crippen LogP contribution in [-0.2, 0) is 23.9 Å². The van der Waals surface area contributed by atoms with E-state index in [1.807, 2.05) is 0 Å². The molecule has 5 heteroatoms. The van der Waals surface area contributed by atoms with E-state index in [2.05, 4.69) is 9.47 Å². The van der Waals surface area contributed by atoms with Gasteiger partial charge in [-0.3, -0.25) is 14.4 Å². The number of Topliss-reactive ketones (excluding diaryl/α,β-unsaturated/α-hetero) is 1. The number of carbonyl (C=O) groups is 3. The largest absolute Gasteiger partial charge is 0.469 e. The first kappa shape index (κ1) is 11.7. The topological polar surface area (TPSA) is 69.7 Å². The second-order valence-electron chi connectivity index (χ2n) is 3.54. The van der Waals surface area contributed by atoms with Gasteiger partial charge in [-0.15, -0.1) is 0 Å². The molecule has 0 spiro atoms. The van der Waals surface area contributed by atoms with Gasteiger partial charge in [-0.25, -0.2) is 0 Å². The molecule has 0 radical (unpaired) electrons. The molecule has 1 aliphatic carbocycles. The Balaban J connectivity index is 2.79. The summed E-state index contributed by atoms with van der Waals surface area (Å²) in [6.07, 6.45) is 0.769. The van der Waals surface area contributed by atoms with Gasteiger partial charge in [0.2, 0.25) is 0 Å². The Labute approximate surface area is 87.7 Å². The van der Waals surface area contributed by atoms with E-state index >= 15 is 0 Å². The summed E-state index contributed by atoms with van der Waals surface area (Å²) in [6.45, 7) is 0. The zero-order valence-corrected chi connectivity index (χ0v) is 8.82. The van der Waals surface area contributed by atoms with Crippen LogP contribution in [0.3, 0.4) is 0 Å². The maximum Gasteiger partial charge on any atom is 0.309 e. The molecule has 1 rings (SSSR count). The predicted molar refractivity (Wildman–Crippen MR) is 49.9 cm³/mol. The Bertz CT molecular complexity index is 284. The normalized spacial score (nSPS) is 25.9. The highest BCUT2D eigenvalue weighted by Gasteiger charge is 2.40. The summed E-state index contributed by atoms with van der Waals surface area (Å²) in [4.78, 5) is 33.9. The van der Waals surface area contributed by atoms with E-state index < -0.39 is 23.8 Å². The molecular weight excluding hydrogens is 200 g/mol. The van der Waals surface area contributed by atoms with Crippen molar-refractivity contribution in [1.82, 2.24) is 0 Å². The summed E-state index contributed by atoms with van der Waals surface area (Å²) >= 11 is 0. The second kappa shape index (κ2) is 4.91. The number of ketones is 1. The minimum absolute atomic E-state index is 0.00875. The molecule has 0 bridgehead atoms. The van der Waals surface area contributed by atoms with Crippen LogP contribution in [0.1, 0.15) is 19.3 Å². The Morgan fingerprint density at radius 1 is 1.13 bits per heavy atom. The summed E-state index contributed by atoms with van der Waals surface area (Å²) in [5.41, 5.74) is 0.